The predicted molar refractivity (Wildman–Crippen MR) is 159 cm³/mol. The molecule has 0 fully saturated rings. The number of terminal acetylenes is 1. The highest BCUT2D eigenvalue weighted by atomic mass is 16.6. The SMILES string of the molecule is C#CN(C(=O)C(Cc1ccc(O)cc1)NC(=O)OC(C)(C)C)C(C(=O)Nc1ccccc1C)c1c(C)cccc1C. The number of alkyl carbamates (subject to hydrolysis) is 1. The van der Waals surface area contributed by atoms with Crippen LogP contribution in [0.4, 0.5) is 10.5 Å². The largest absolute Gasteiger partial charge is 0.508 e. The first-order valence-corrected chi connectivity index (χ1v) is 13.3. The van der Waals surface area contributed by atoms with E-state index >= 15 is 0 Å². The molecule has 0 aliphatic heterocycles. The number of aryl methyl sites for hydroxylation is 3. The highest BCUT2D eigenvalue weighted by Crippen LogP contribution is 2.30. The van der Waals surface area contributed by atoms with E-state index in [1.165, 1.54) is 12.1 Å². The number of rotatable bonds is 8. The second-order valence-corrected chi connectivity index (χ2v) is 10.9. The highest BCUT2D eigenvalue weighted by Gasteiger charge is 2.37. The van der Waals surface area contributed by atoms with Crippen LogP contribution >= 0.6 is 0 Å². The maximum Gasteiger partial charge on any atom is 0.408 e. The lowest BCUT2D eigenvalue weighted by Crippen LogP contribution is -2.52. The van der Waals surface area contributed by atoms with E-state index in [4.69, 9.17) is 11.2 Å². The van der Waals surface area contributed by atoms with Crippen LogP contribution in [0.1, 0.15) is 54.6 Å². The highest BCUT2D eigenvalue weighted by molar-refractivity contribution is 6.00. The minimum Gasteiger partial charge on any atom is -0.508 e. The second kappa shape index (κ2) is 13.1. The zero-order valence-corrected chi connectivity index (χ0v) is 24.3. The summed E-state index contributed by atoms with van der Waals surface area (Å²) in [7, 11) is 0. The fourth-order valence-electron chi connectivity index (χ4n) is 4.50. The smallest absolute Gasteiger partial charge is 0.408 e. The van der Waals surface area contributed by atoms with Crippen LogP contribution in [0.2, 0.25) is 0 Å². The molecule has 41 heavy (non-hydrogen) atoms. The first-order valence-electron chi connectivity index (χ1n) is 13.3. The van der Waals surface area contributed by atoms with Gasteiger partial charge < -0.3 is 20.5 Å². The number of aromatic hydroxyl groups is 1. The summed E-state index contributed by atoms with van der Waals surface area (Å²) in [5.74, 6) is -1.10. The molecular weight excluding hydrogens is 518 g/mol. The second-order valence-electron chi connectivity index (χ2n) is 10.9. The van der Waals surface area contributed by atoms with Crippen molar-refractivity contribution in [3.63, 3.8) is 0 Å². The number of ether oxygens (including phenoxy) is 1. The van der Waals surface area contributed by atoms with E-state index < -0.39 is 35.6 Å². The van der Waals surface area contributed by atoms with Crippen LogP contribution in [-0.4, -0.2) is 39.6 Å². The molecule has 3 amide bonds. The molecule has 0 saturated carbocycles. The average Bonchev–Trinajstić information content (AvgIpc) is 2.89. The van der Waals surface area contributed by atoms with Gasteiger partial charge in [-0.1, -0.05) is 55.0 Å². The van der Waals surface area contributed by atoms with Crippen molar-refractivity contribution in [3.05, 3.63) is 94.5 Å². The molecule has 0 aliphatic rings. The number of hydrogen-bond donors (Lipinski definition) is 3. The Morgan fingerprint density at radius 3 is 2.07 bits per heavy atom. The lowest BCUT2D eigenvalue weighted by molar-refractivity contribution is -0.136. The van der Waals surface area contributed by atoms with Gasteiger partial charge in [-0.25, -0.2) is 4.79 Å². The molecule has 0 bridgehead atoms. The number of nitrogens with zero attached hydrogens (tertiary/aromatic N) is 1. The van der Waals surface area contributed by atoms with Crippen molar-refractivity contribution in [2.45, 2.75) is 65.6 Å². The van der Waals surface area contributed by atoms with Gasteiger partial charge in [-0.15, -0.1) is 0 Å². The number of anilines is 1. The number of hydrogen-bond acceptors (Lipinski definition) is 5. The van der Waals surface area contributed by atoms with Crippen molar-refractivity contribution in [3.8, 4) is 18.2 Å². The van der Waals surface area contributed by atoms with Crippen LogP contribution < -0.4 is 10.6 Å². The third kappa shape index (κ3) is 8.12. The van der Waals surface area contributed by atoms with Gasteiger partial charge in [0.1, 0.15) is 23.4 Å². The maximum atomic E-state index is 14.2. The summed E-state index contributed by atoms with van der Waals surface area (Å²) < 4.78 is 5.42. The number of nitrogens with one attached hydrogen (secondary N) is 2. The lowest BCUT2D eigenvalue weighted by Gasteiger charge is -2.32. The Morgan fingerprint density at radius 2 is 1.51 bits per heavy atom. The average molecular weight is 556 g/mol. The molecule has 8 nitrogen and oxygen atoms in total. The monoisotopic (exact) mass is 555 g/mol. The zero-order chi connectivity index (χ0) is 30.3. The summed E-state index contributed by atoms with van der Waals surface area (Å²) in [6.07, 6.45) is 5.19. The number of para-hydroxylation sites is 1. The molecule has 0 radical (unpaired) electrons. The third-order valence-electron chi connectivity index (χ3n) is 6.47. The lowest BCUT2D eigenvalue weighted by atomic mass is 9.93. The molecule has 0 aliphatic carbocycles. The van der Waals surface area contributed by atoms with Crippen molar-refractivity contribution in [2.75, 3.05) is 5.32 Å². The number of carbonyl (C=O) groups is 3. The normalized spacial score (nSPS) is 12.4. The van der Waals surface area contributed by atoms with Crippen molar-refractivity contribution in [2.24, 2.45) is 0 Å². The molecule has 0 heterocycles. The molecule has 214 valence electrons. The maximum absolute atomic E-state index is 14.2. The van der Waals surface area contributed by atoms with Gasteiger partial charge in [-0.3, -0.25) is 14.5 Å². The summed E-state index contributed by atoms with van der Waals surface area (Å²) in [6, 6.07) is 19.2. The summed E-state index contributed by atoms with van der Waals surface area (Å²) in [5.41, 5.74) is 3.42. The summed E-state index contributed by atoms with van der Waals surface area (Å²) in [6.45, 7) is 10.7. The van der Waals surface area contributed by atoms with E-state index in [1.807, 2.05) is 51.1 Å². The Kier molecular flexibility index (Phi) is 9.80. The first-order chi connectivity index (χ1) is 19.3. The summed E-state index contributed by atoms with van der Waals surface area (Å²) >= 11 is 0. The Balaban J connectivity index is 2.07. The molecule has 0 spiro atoms. The fourth-order valence-corrected chi connectivity index (χ4v) is 4.50. The standard InChI is InChI=1S/C33H37N3O5/c1-8-36(31(39)27(35-32(40)41-33(5,6)7)20-24-16-18-25(37)19-17-24)29(28-22(3)13-11-14-23(28)4)30(38)34-26-15-10-9-12-21(26)2/h1,9-19,27,29,37H,20H2,2-7H3,(H,34,38)(H,35,40). The Labute approximate surface area is 241 Å². The number of phenols is 1. The minimum absolute atomic E-state index is 0.0371. The molecule has 3 aromatic rings. The number of benzene rings is 3. The van der Waals surface area contributed by atoms with Crippen molar-refractivity contribution < 1.29 is 24.2 Å². The third-order valence-corrected chi connectivity index (χ3v) is 6.47. The van der Waals surface area contributed by atoms with Gasteiger partial charge in [0, 0.05) is 18.2 Å². The van der Waals surface area contributed by atoms with E-state index in [2.05, 4.69) is 16.7 Å². The van der Waals surface area contributed by atoms with Gasteiger partial charge in [0.2, 0.25) is 0 Å². The molecule has 8 heteroatoms. The van der Waals surface area contributed by atoms with Gasteiger partial charge in [0.25, 0.3) is 11.8 Å². The van der Waals surface area contributed by atoms with Gasteiger partial charge in [0.15, 0.2) is 0 Å². The van der Waals surface area contributed by atoms with Crippen molar-refractivity contribution in [1.29, 1.82) is 0 Å². The molecule has 2 atom stereocenters. The first kappa shape index (κ1) is 30.8. The molecule has 3 rings (SSSR count). The minimum atomic E-state index is -1.20. The van der Waals surface area contributed by atoms with Crippen molar-refractivity contribution in [1.82, 2.24) is 10.2 Å². The molecule has 2 unspecified atom stereocenters. The number of carbonyl (C=O) groups excluding carboxylic acids is 3. The Morgan fingerprint density at radius 1 is 0.927 bits per heavy atom. The van der Waals surface area contributed by atoms with E-state index in [-0.39, 0.29) is 12.2 Å². The molecule has 0 saturated heterocycles. The molecular formula is C33H37N3O5. The molecule has 3 aromatic carbocycles. The summed E-state index contributed by atoms with van der Waals surface area (Å²) in [5, 5.41) is 15.3. The van der Waals surface area contributed by atoms with Crippen LogP contribution in [0.15, 0.2) is 66.7 Å². The van der Waals surface area contributed by atoms with Crippen molar-refractivity contribution >= 4 is 23.6 Å². The quantitative estimate of drug-likeness (QED) is 0.249. The van der Waals surface area contributed by atoms with E-state index in [0.29, 0.717) is 16.8 Å². The van der Waals surface area contributed by atoms with E-state index in [0.717, 1.165) is 21.6 Å². The Hall–Kier alpha value is -4.77. The Bertz CT molecular complexity index is 1430. The van der Waals surface area contributed by atoms with Gasteiger partial charge in [-0.05, 0) is 87.6 Å². The fraction of sp³-hybridized carbons (Fsp3) is 0.303. The van der Waals surface area contributed by atoms with E-state index in [1.54, 1.807) is 45.0 Å². The van der Waals surface area contributed by atoms with Gasteiger partial charge in [0.05, 0.1) is 0 Å². The zero-order valence-electron chi connectivity index (χ0n) is 24.3. The van der Waals surface area contributed by atoms with Crippen LogP contribution in [-0.2, 0) is 20.7 Å². The molecule has 0 aromatic heterocycles. The van der Waals surface area contributed by atoms with Gasteiger partial charge in [-0.2, -0.15) is 0 Å². The predicted octanol–water partition coefficient (Wildman–Crippen LogP) is 5.55. The van der Waals surface area contributed by atoms with E-state index in [9.17, 15) is 19.5 Å². The van der Waals surface area contributed by atoms with Gasteiger partial charge >= 0.3 is 6.09 Å². The van der Waals surface area contributed by atoms with Crippen LogP contribution in [0.5, 0.6) is 5.75 Å². The van der Waals surface area contributed by atoms with Crippen LogP contribution in [0, 0.1) is 33.2 Å². The number of amides is 3. The molecule has 3 N–H and O–H groups in total. The summed E-state index contributed by atoms with van der Waals surface area (Å²) in [4.78, 5) is 42.0. The van der Waals surface area contributed by atoms with Crippen LogP contribution in [0.3, 0.4) is 0 Å². The topological polar surface area (TPSA) is 108 Å². The van der Waals surface area contributed by atoms with Crippen LogP contribution in [0.25, 0.3) is 0 Å². The number of phenolic OH excluding ortho intramolecular Hbond substituents is 1.